The number of aromatic nitrogens is 2. The molecule has 4 aromatic rings. The number of nitrogens with zero attached hydrogens (tertiary/aromatic N) is 2. The molecule has 0 saturated carbocycles. The Balaban J connectivity index is 1.90. The molecule has 0 radical (unpaired) electrons. The zero-order chi connectivity index (χ0) is 20.1. The standard InChI is InChI=1S/C23H17BrN2O2S/c1-2-14-11-17-22(28)25-21-19(20(27)16-9-5-6-10-18(16)24)15-8-4-3-7-13(15)12-26(21)23(17)29-14/h3-11,27H,2,12H2,1H3. The summed E-state index contributed by atoms with van der Waals surface area (Å²) in [7, 11) is 0. The lowest BCUT2D eigenvalue weighted by Gasteiger charge is -2.25. The predicted octanol–water partition coefficient (Wildman–Crippen LogP) is 5.62. The Kier molecular flexibility index (Phi) is 4.41. The summed E-state index contributed by atoms with van der Waals surface area (Å²) in [6, 6.07) is 17.4. The highest BCUT2D eigenvalue weighted by molar-refractivity contribution is 9.10. The number of halogens is 1. The Labute approximate surface area is 179 Å². The summed E-state index contributed by atoms with van der Waals surface area (Å²) in [4.78, 5) is 19.3. The molecular weight excluding hydrogens is 448 g/mol. The van der Waals surface area contributed by atoms with E-state index in [1.807, 2.05) is 48.5 Å². The molecule has 29 heavy (non-hydrogen) atoms. The molecule has 1 N–H and O–H groups in total. The van der Waals surface area contributed by atoms with Gasteiger partial charge in [0.25, 0.3) is 5.56 Å². The molecule has 0 aliphatic carbocycles. The number of aryl methyl sites for hydroxylation is 1. The first-order valence-electron chi connectivity index (χ1n) is 9.38. The van der Waals surface area contributed by atoms with Crippen molar-refractivity contribution < 1.29 is 5.11 Å². The number of fused-ring (bicyclic) bond motifs is 4. The van der Waals surface area contributed by atoms with Crippen LogP contribution in [0.15, 0.2) is 63.9 Å². The zero-order valence-electron chi connectivity index (χ0n) is 15.6. The van der Waals surface area contributed by atoms with Crippen LogP contribution in [0.25, 0.3) is 21.5 Å². The van der Waals surface area contributed by atoms with E-state index in [0.717, 1.165) is 31.7 Å². The van der Waals surface area contributed by atoms with E-state index < -0.39 is 0 Å². The van der Waals surface area contributed by atoms with Crippen LogP contribution in [-0.4, -0.2) is 14.7 Å². The normalized spacial score (nSPS) is 14.6. The molecule has 2 aromatic heterocycles. The van der Waals surface area contributed by atoms with Crippen LogP contribution in [0.4, 0.5) is 0 Å². The fourth-order valence-electron chi connectivity index (χ4n) is 3.82. The number of rotatable bonds is 2. The van der Waals surface area contributed by atoms with Gasteiger partial charge in [0.15, 0.2) is 0 Å². The van der Waals surface area contributed by atoms with Crippen molar-refractivity contribution in [2.45, 2.75) is 19.9 Å². The van der Waals surface area contributed by atoms with Gasteiger partial charge in [-0.2, -0.15) is 4.98 Å². The van der Waals surface area contributed by atoms with Crippen molar-refractivity contribution >= 4 is 48.8 Å². The molecule has 0 fully saturated rings. The minimum atomic E-state index is -0.251. The van der Waals surface area contributed by atoms with Gasteiger partial charge >= 0.3 is 0 Å². The van der Waals surface area contributed by atoms with E-state index in [1.54, 1.807) is 11.3 Å². The minimum Gasteiger partial charge on any atom is -0.506 e. The summed E-state index contributed by atoms with van der Waals surface area (Å²) in [5.74, 6) is 0.621. The van der Waals surface area contributed by atoms with Crippen LogP contribution in [0, 0.1) is 0 Å². The maximum absolute atomic E-state index is 12.8. The van der Waals surface area contributed by atoms with E-state index in [0.29, 0.717) is 28.9 Å². The predicted molar refractivity (Wildman–Crippen MR) is 121 cm³/mol. The Morgan fingerprint density at radius 1 is 1.21 bits per heavy atom. The summed E-state index contributed by atoms with van der Waals surface area (Å²) in [6.45, 7) is 2.70. The highest BCUT2D eigenvalue weighted by atomic mass is 79.9. The van der Waals surface area contributed by atoms with Crippen LogP contribution in [0.3, 0.4) is 0 Å². The minimum absolute atomic E-state index is 0.108. The second-order valence-electron chi connectivity index (χ2n) is 6.97. The number of hydrogen-bond acceptors (Lipinski definition) is 4. The number of aliphatic hydroxyl groups is 1. The fraction of sp³-hybridized carbons (Fsp3) is 0.130. The van der Waals surface area contributed by atoms with E-state index in [-0.39, 0.29) is 11.3 Å². The van der Waals surface area contributed by atoms with Crippen molar-refractivity contribution in [3.05, 3.63) is 96.8 Å². The first-order chi connectivity index (χ1) is 14.1. The van der Waals surface area contributed by atoms with Crippen molar-refractivity contribution in [1.29, 1.82) is 0 Å². The molecule has 6 heteroatoms. The van der Waals surface area contributed by atoms with Gasteiger partial charge in [0.1, 0.15) is 16.4 Å². The maximum Gasteiger partial charge on any atom is 0.281 e. The first-order valence-corrected chi connectivity index (χ1v) is 11.0. The molecule has 1 aliphatic heterocycles. The molecule has 3 heterocycles. The van der Waals surface area contributed by atoms with E-state index in [1.165, 1.54) is 0 Å². The van der Waals surface area contributed by atoms with Gasteiger partial charge < -0.3 is 9.67 Å². The fourth-order valence-corrected chi connectivity index (χ4v) is 5.38. The average Bonchev–Trinajstić information content (AvgIpc) is 3.18. The summed E-state index contributed by atoms with van der Waals surface area (Å²) < 4.78 is 2.85. The Bertz CT molecular complexity index is 1370. The van der Waals surface area contributed by atoms with Gasteiger partial charge in [-0.25, -0.2) is 0 Å². The maximum atomic E-state index is 12.8. The smallest absolute Gasteiger partial charge is 0.281 e. The summed E-state index contributed by atoms with van der Waals surface area (Å²) in [5.41, 5.74) is 3.00. The Hall–Kier alpha value is -2.70. The van der Waals surface area contributed by atoms with Gasteiger partial charge in [0.2, 0.25) is 0 Å². The van der Waals surface area contributed by atoms with Crippen LogP contribution in [-0.2, 0) is 13.0 Å². The summed E-state index contributed by atoms with van der Waals surface area (Å²) >= 11 is 5.15. The highest BCUT2D eigenvalue weighted by Gasteiger charge is 2.28. The van der Waals surface area contributed by atoms with Gasteiger partial charge in [-0.3, -0.25) is 4.79 Å². The van der Waals surface area contributed by atoms with E-state index in [4.69, 9.17) is 0 Å². The average molecular weight is 465 g/mol. The third kappa shape index (κ3) is 2.86. The lowest BCUT2D eigenvalue weighted by atomic mass is 9.92. The lowest BCUT2D eigenvalue weighted by Crippen LogP contribution is -2.23. The lowest BCUT2D eigenvalue weighted by molar-refractivity contribution is 0.512. The van der Waals surface area contributed by atoms with Crippen LogP contribution in [0.1, 0.15) is 34.3 Å². The van der Waals surface area contributed by atoms with Gasteiger partial charge in [-0.15, -0.1) is 11.3 Å². The molecule has 0 bridgehead atoms. The number of aliphatic hydroxyl groups excluding tert-OH is 1. The van der Waals surface area contributed by atoms with Gasteiger partial charge in [0, 0.05) is 14.9 Å². The largest absolute Gasteiger partial charge is 0.506 e. The molecule has 4 nitrogen and oxygen atoms in total. The van der Waals surface area contributed by atoms with E-state index in [9.17, 15) is 9.90 Å². The zero-order valence-corrected chi connectivity index (χ0v) is 18.0. The highest BCUT2D eigenvalue weighted by Crippen LogP contribution is 2.39. The van der Waals surface area contributed by atoms with Crippen molar-refractivity contribution in [3.8, 4) is 0 Å². The molecular formula is C23H17BrN2O2S. The van der Waals surface area contributed by atoms with Gasteiger partial charge in [-0.1, -0.05) is 65.3 Å². The summed E-state index contributed by atoms with van der Waals surface area (Å²) in [5, 5.41) is 12.0. The van der Waals surface area contributed by atoms with Crippen LogP contribution in [0.5, 0.6) is 0 Å². The van der Waals surface area contributed by atoms with Crippen LogP contribution >= 0.6 is 27.3 Å². The number of hydrogen-bond donors (Lipinski definition) is 1. The third-order valence-corrected chi connectivity index (χ3v) is 7.25. The monoisotopic (exact) mass is 464 g/mol. The molecule has 0 atom stereocenters. The molecule has 144 valence electrons. The quantitative estimate of drug-likeness (QED) is 0.345. The van der Waals surface area contributed by atoms with Crippen molar-refractivity contribution in [1.82, 2.24) is 9.55 Å². The first kappa shape index (κ1) is 18.3. The van der Waals surface area contributed by atoms with E-state index >= 15 is 0 Å². The second kappa shape index (κ2) is 6.97. The van der Waals surface area contributed by atoms with Gasteiger partial charge in [0.05, 0.1) is 17.5 Å². The summed E-state index contributed by atoms with van der Waals surface area (Å²) in [6.07, 6.45) is 0.871. The molecule has 0 spiro atoms. The Morgan fingerprint density at radius 2 is 1.97 bits per heavy atom. The molecule has 0 saturated heterocycles. The second-order valence-corrected chi connectivity index (χ2v) is 8.94. The molecule has 0 amide bonds. The van der Waals surface area contributed by atoms with Gasteiger partial charge in [-0.05, 0) is 29.7 Å². The number of benzene rings is 2. The van der Waals surface area contributed by atoms with Crippen molar-refractivity contribution in [2.75, 3.05) is 0 Å². The molecule has 2 aromatic carbocycles. The van der Waals surface area contributed by atoms with Crippen molar-refractivity contribution in [2.24, 2.45) is 0 Å². The van der Waals surface area contributed by atoms with Crippen LogP contribution in [0.2, 0.25) is 0 Å². The molecule has 1 aliphatic rings. The molecule has 0 unspecified atom stereocenters. The Morgan fingerprint density at radius 3 is 2.76 bits per heavy atom. The van der Waals surface area contributed by atoms with Crippen molar-refractivity contribution in [3.63, 3.8) is 0 Å². The molecule has 5 rings (SSSR count). The third-order valence-electron chi connectivity index (χ3n) is 5.26. The SMILES string of the molecule is CCc1cc2c(=O)nc3n(c2s1)Cc1ccccc1C3=C(O)c1ccccc1Br. The number of thiophene rings is 1. The topological polar surface area (TPSA) is 55.1 Å². The van der Waals surface area contributed by atoms with E-state index in [2.05, 4.69) is 38.5 Å². The van der Waals surface area contributed by atoms with Crippen LogP contribution < -0.4 is 5.56 Å².